The Bertz CT molecular complexity index is 686. The lowest BCUT2D eigenvalue weighted by Crippen LogP contribution is -2.15. The van der Waals surface area contributed by atoms with Gasteiger partial charge in [-0.1, -0.05) is 39.7 Å². The van der Waals surface area contributed by atoms with Crippen LogP contribution in [0.25, 0.3) is 0 Å². The molecule has 1 amide bonds. The zero-order chi connectivity index (χ0) is 16.3. The maximum absolute atomic E-state index is 12.4. The number of carbonyl (C=O) groups excluding carboxylic acids is 1. The number of benzene rings is 2. The standard InChI is InChI=1S/C15H10BrClF3NO/c16-11-5-6-13(12(17)8-11)21-14(22)7-9-1-3-10(4-2-9)15(18,19)20/h1-6,8H,7H2,(H,21,22). The summed E-state index contributed by atoms with van der Waals surface area (Å²) in [5.74, 6) is -0.357. The highest BCUT2D eigenvalue weighted by atomic mass is 79.9. The van der Waals surface area contributed by atoms with E-state index in [0.717, 1.165) is 16.6 Å². The molecule has 0 fully saturated rings. The Morgan fingerprint density at radius 2 is 1.77 bits per heavy atom. The van der Waals surface area contributed by atoms with Gasteiger partial charge in [0.15, 0.2) is 0 Å². The monoisotopic (exact) mass is 391 g/mol. The molecule has 0 atom stereocenters. The quantitative estimate of drug-likeness (QED) is 0.754. The van der Waals surface area contributed by atoms with E-state index >= 15 is 0 Å². The Morgan fingerprint density at radius 1 is 1.14 bits per heavy atom. The molecule has 22 heavy (non-hydrogen) atoms. The van der Waals surface area contributed by atoms with E-state index < -0.39 is 11.7 Å². The zero-order valence-electron chi connectivity index (χ0n) is 11.0. The molecule has 1 N–H and O–H groups in total. The molecular weight excluding hydrogens is 383 g/mol. The maximum atomic E-state index is 12.4. The van der Waals surface area contributed by atoms with E-state index in [2.05, 4.69) is 21.2 Å². The second-order valence-corrected chi connectivity index (χ2v) is 5.87. The summed E-state index contributed by atoms with van der Waals surface area (Å²) >= 11 is 9.23. The largest absolute Gasteiger partial charge is 0.416 e. The molecule has 2 rings (SSSR count). The van der Waals surface area contributed by atoms with Crippen LogP contribution in [0.1, 0.15) is 11.1 Å². The first-order chi connectivity index (χ1) is 10.3. The summed E-state index contributed by atoms with van der Waals surface area (Å²) in [7, 11) is 0. The van der Waals surface area contributed by atoms with Gasteiger partial charge in [0.25, 0.3) is 0 Å². The molecule has 0 heterocycles. The second-order valence-electron chi connectivity index (χ2n) is 4.54. The molecule has 7 heteroatoms. The minimum absolute atomic E-state index is 0.0372. The summed E-state index contributed by atoms with van der Waals surface area (Å²) in [6.45, 7) is 0. The van der Waals surface area contributed by atoms with Crippen molar-refractivity contribution < 1.29 is 18.0 Å². The highest BCUT2D eigenvalue weighted by Crippen LogP contribution is 2.29. The fourth-order valence-electron chi connectivity index (χ4n) is 1.78. The Kier molecular flexibility index (Phi) is 5.13. The van der Waals surface area contributed by atoms with Gasteiger partial charge in [0.1, 0.15) is 0 Å². The number of nitrogens with one attached hydrogen (secondary N) is 1. The van der Waals surface area contributed by atoms with Crippen LogP contribution in [0.4, 0.5) is 18.9 Å². The van der Waals surface area contributed by atoms with Crippen LogP contribution < -0.4 is 5.32 Å². The molecular formula is C15H10BrClF3NO. The van der Waals surface area contributed by atoms with Crippen molar-refractivity contribution in [2.45, 2.75) is 12.6 Å². The fraction of sp³-hybridized carbons (Fsp3) is 0.133. The van der Waals surface area contributed by atoms with Crippen LogP contribution in [0.5, 0.6) is 0 Å². The average molecular weight is 393 g/mol. The highest BCUT2D eigenvalue weighted by molar-refractivity contribution is 9.10. The van der Waals surface area contributed by atoms with E-state index in [9.17, 15) is 18.0 Å². The normalized spacial score (nSPS) is 11.3. The first kappa shape index (κ1) is 16.8. The number of amides is 1. The molecule has 0 aromatic heterocycles. The van der Waals surface area contributed by atoms with Crippen LogP contribution in [0.3, 0.4) is 0 Å². The van der Waals surface area contributed by atoms with Gasteiger partial charge in [-0.15, -0.1) is 0 Å². The summed E-state index contributed by atoms with van der Waals surface area (Å²) in [6.07, 6.45) is -4.42. The van der Waals surface area contributed by atoms with Crippen molar-refractivity contribution in [2.75, 3.05) is 5.32 Å². The van der Waals surface area contributed by atoms with E-state index in [1.54, 1.807) is 18.2 Å². The first-order valence-electron chi connectivity index (χ1n) is 6.17. The average Bonchev–Trinajstić information content (AvgIpc) is 2.41. The number of hydrogen-bond donors (Lipinski definition) is 1. The first-order valence-corrected chi connectivity index (χ1v) is 7.34. The topological polar surface area (TPSA) is 29.1 Å². The molecule has 0 saturated heterocycles. The number of carbonyl (C=O) groups is 1. The fourth-order valence-corrected chi connectivity index (χ4v) is 2.50. The van der Waals surface area contributed by atoms with Crippen LogP contribution in [-0.4, -0.2) is 5.91 Å². The van der Waals surface area contributed by atoms with Gasteiger partial charge in [0, 0.05) is 4.47 Å². The van der Waals surface area contributed by atoms with Gasteiger partial charge in [-0.25, -0.2) is 0 Å². The smallest absolute Gasteiger partial charge is 0.324 e. The van der Waals surface area contributed by atoms with Gasteiger partial charge in [0.2, 0.25) is 5.91 Å². The van der Waals surface area contributed by atoms with Gasteiger partial charge < -0.3 is 5.32 Å². The van der Waals surface area contributed by atoms with Gasteiger partial charge in [-0.3, -0.25) is 4.79 Å². The zero-order valence-corrected chi connectivity index (χ0v) is 13.4. The molecule has 0 aliphatic rings. The predicted molar refractivity (Wildman–Crippen MR) is 82.9 cm³/mol. The maximum Gasteiger partial charge on any atom is 0.416 e. The highest BCUT2D eigenvalue weighted by Gasteiger charge is 2.29. The third-order valence-electron chi connectivity index (χ3n) is 2.85. The van der Waals surface area contributed by atoms with Crippen molar-refractivity contribution >= 4 is 39.1 Å². The van der Waals surface area contributed by atoms with Crippen LogP contribution in [0.15, 0.2) is 46.9 Å². The van der Waals surface area contributed by atoms with Crippen LogP contribution >= 0.6 is 27.5 Å². The van der Waals surface area contributed by atoms with Gasteiger partial charge >= 0.3 is 6.18 Å². The van der Waals surface area contributed by atoms with Crippen molar-refractivity contribution in [1.82, 2.24) is 0 Å². The van der Waals surface area contributed by atoms with Crippen LogP contribution in [0.2, 0.25) is 5.02 Å². The molecule has 0 bridgehead atoms. The van der Waals surface area contributed by atoms with Gasteiger partial charge in [-0.2, -0.15) is 13.2 Å². The third-order valence-corrected chi connectivity index (χ3v) is 3.66. The molecule has 116 valence electrons. The molecule has 0 saturated carbocycles. The Labute approximate surface area is 138 Å². The minimum atomic E-state index is -4.38. The number of alkyl halides is 3. The Morgan fingerprint density at radius 3 is 2.32 bits per heavy atom. The summed E-state index contributed by atoms with van der Waals surface area (Å²) in [5.41, 5.74) is 0.188. The molecule has 0 unspecified atom stereocenters. The van der Waals surface area contributed by atoms with Crippen molar-refractivity contribution in [2.24, 2.45) is 0 Å². The summed E-state index contributed by atoms with van der Waals surface area (Å²) < 4.78 is 38.1. The van der Waals surface area contributed by atoms with E-state index in [1.165, 1.54) is 12.1 Å². The van der Waals surface area contributed by atoms with Crippen molar-refractivity contribution in [3.05, 3.63) is 63.1 Å². The number of halogens is 5. The lowest BCUT2D eigenvalue weighted by molar-refractivity contribution is -0.137. The van der Waals surface area contributed by atoms with E-state index in [0.29, 0.717) is 16.3 Å². The minimum Gasteiger partial charge on any atom is -0.324 e. The third kappa shape index (κ3) is 4.48. The molecule has 2 nitrogen and oxygen atoms in total. The SMILES string of the molecule is O=C(Cc1ccc(C(F)(F)F)cc1)Nc1ccc(Br)cc1Cl. The molecule has 0 radical (unpaired) electrons. The van der Waals surface area contributed by atoms with E-state index in [1.807, 2.05) is 0 Å². The lowest BCUT2D eigenvalue weighted by Gasteiger charge is -2.09. The summed E-state index contributed by atoms with van der Waals surface area (Å²) in [5, 5.41) is 2.99. The number of hydrogen-bond acceptors (Lipinski definition) is 1. The van der Waals surface area contributed by atoms with E-state index in [4.69, 9.17) is 11.6 Å². The molecule has 2 aromatic carbocycles. The summed E-state index contributed by atoms with van der Waals surface area (Å²) in [4.78, 5) is 11.9. The van der Waals surface area contributed by atoms with E-state index in [-0.39, 0.29) is 12.3 Å². The molecule has 0 aliphatic heterocycles. The number of rotatable bonds is 3. The summed E-state index contributed by atoms with van der Waals surface area (Å²) in [6, 6.07) is 9.47. The van der Waals surface area contributed by atoms with Gasteiger partial charge in [-0.05, 0) is 35.9 Å². The van der Waals surface area contributed by atoms with Crippen LogP contribution in [0, 0.1) is 0 Å². The molecule has 2 aromatic rings. The van der Waals surface area contributed by atoms with Crippen molar-refractivity contribution in [3.63, 3.8) is 0 Å². The van der Waals surface area contributed by atoms with Crippen molar-refractivity contribution in [3.8, 4) is 0 Å². The van der Waals surface area contributed by atoms with Gasteiger partial charge in [0.05, 0.1) is 22.7 Å². The lowest BCUT2D eigenvalue weighted by atomic mass is 10.1. The number of anilines is 1. The Balaban J connectivity index is 2.03. The molecule has 0 spiro atoms. The predicted octanol–water partition coefficient (Wildman–Crippen LogP) is 5.30. The van der Waals surface area contributed by atoms with Crippen LogP contribution in [-0.2, 0) is 17.4 Å². The second kappa shape index (κ2) is 6.71. The Hall–Kier alpha value is -1.53. The molecule has 0 aliphatic carbocycles. The van der Waals surface area contributed by atoms with Crippen molar-refractivity contribution in [1.29, 1.82) is 0 Å².